The molecule has 6 nitrogen and oxygen atoms in total. The van der Waals surface area contributed by atoms with Crippen LogP contribution in [0.25, 0.3) is 0 Å². The van der Waals surface area contributed by atoms with E-state index in [1.54, 1.807) is 17.0 Å². The summed E-state index contributed by atoms with van der Waals surface area (Å²) in [6.45, 7) is 4.36. The number of amides is 2. The lowest BCUT2D eigenvalue weighted by Crippen LogP contribution is -2.58. The number of rotatable bonds is 6. The molecule has 2 aromatic rings. The van der Waals surface area contributed by atoms with Crippen molar-refractivity contribution in [2.75, 3.05) is 39.4 Å². The van der Waals surface area contributed by atoms with Gasteiger partial charge in [-0.05, 0) is 74.2 Å². The van der Waals surface area contributed by atoms with Crippen molar-refractivity contribution in [1.82, 2.24) is 9.80 Å². The maximum Gasteiger partial charge on any atom is 0.254 e. The Balaban J connectivity index is 1.53. The van der Waals surface area contributed by atoms with Gasteiger partial charge < -0.3 is 19.3 Å². The Hall–Kier alpha value is -2.64. The molecule has 0 aliphatic carbocycles. The van der Waals surface area contributed by atoms with Crippen molar-refractivity contribution in [2.45, 2.75) is 38.2 Å². The summed E-state index contributed by atoms with van der Waals surface area (Å²) in [5.41, 5.74) is 0.291. The van der Waals surface area contributed by atoms with Crippen LogP contribution in [-0.2, 0) is 9.53 Å². The third-order valence-corrected chi connectivity index (χ3v) is 6.86. The third kappa shape index (κ3) is 5.88. The SMILES string of the molecule is Cc1cc(OC[C@@]2(CC(=O)N3CCCCC3)CN(C(=O)c3ccc(F)cc3)CCO2)ccc1Cl. The molecule has 0 spiro atoms. The van der Waals surface area contributed by atoms with E-state index in [0.717, 1.165) is 37.9 Å². The van der Waals surface area contributed by atoms with Gasteiger partial charge in [0.05, 0.1) is 19.6 Å². The number of piperidine rings is 1. The summed E-state index contributed by atoms with van der Waals surface area (Å²) in [7, 11) is 0. The van der Waals surface area contributed by atoms with E-state index in [-0.39, 0.29) is 38.0 Å². The molecule has 182 valence electrons. The highest BCUT2D eigenvalue weighted by Crippen LogP contribution is 2.28. The number of nitrogens with zero attached hydrogens (tertiary/aromatic N) is 2. The standard InChI is InChI=1S/C26H30ClFN2O4/c1-19-15-22(9-10-23(19)27)33-18-26(16-24(31)29-11-3-2-4-12-29)17-30(13-14-34-26)25(32)20-5-7-21(28)8-6-20/h5-10,15H,2-4,11-14,16-18H2,1H3/t26-/m1/s1. The van der Waals surface area contributed by atoms with E-state index in [9.17, 15) is 14.0 Å². The molecule has 8 heteroatoms. The van der Waals surface area contributed by atoms with E-state index < -0.39 is 11.4 Å². The number of ether oxygens (including phenoxy) is 2. The second kappa shape index (κ2) is 10.7. The number of carbonyl (C=O) groups is 2. The Morgan fingerprint density at radius 3 is 2.50 bits per heavy atom. The number of hydrogen-bond donors (Lipinski definition) is 0. The molecule has 2 aliphatic heterocycles. The molecular weight excluding hydrogens is 459 g/mol. The minimum absolute atomic E-state index is 0.00617. The van der Waals surface area contributed by atoms with Crippen LogP contribution in [0.2, 0.25) is 5.02 Å². The zero-order chi connectivity index (χ0) is 24.1. The predicted molar refractivity (Wildman–Crippen MR) is 128 cm³/mol. The van der Waals surface area contributed by atoms with Crippen molar-refractivity contribution in [3.63, 3.8) is 0 Å². The molecule has 0 radical (unpaired) electrons. The first-order valence-electron chi connectivity index (χ1n) is 11.7. The van der Waals surface area contributed by atoms with Gasteiger partial charge in [0, 0.05) is 30.2 Å². The van der Waals surface area contributed by atoms with Crippen molar-refractivity contribution in [2.24, 2.45) is 0 Å². The number of carbonyl (C=O) groups excluding carboxylic acids is 2. The smallest absolute Gasteiger partial charge is 0.254 e. The molecule has 2 heterocycles. The summed E-state index contributed by atoms with van der Waals surface area (Å²) in [4.78, 5) is 29.9. The van der Waals surface area contributed by atoms with Gasteiger partial charge >= 0.3 is 0 Å². The second-order valence-corrected chi connectivity index (χ2v) is 9.49. The lowest BCUT2D eigenvalue weighted by molar-refractivity contribution is -0.153. The Morgan fingerprint density at radius 2 is 1.79 bits per heavy atom. The lowest BCUT2D eigenvalue weighted by Gasteiger charge is -2.43. The van der Waals surface area contributed by atoms with Gasteiger partial charge in [-0.15, -0.1) is 0 Å². The Bertz CT molecular complexity index is 1030. The monoisotopic (exact) mass is 488 g/mol. The molecule has 0 N–H and O–H groups in total. The Labute approximate surface area is 204 Å². The molecule has 2 fully saturated rings. The number of halogens is 2. The van der Waals surface area contributed by atoms with Crippen molar-refractivity contribution < 1.29 is 23.5 Å². The first-order chi connectivity index (χ1) is 16.3. The van der Waals surface area contributed by atoms with Crippen LogP contribution in [0.1, 0.15) is 41.6 Å². The molecule has 2 amide bonds. The fraction of sp³-hybridized carbons (Fsp3) is 0.462. The van der Waals surface area contributed by atoms with Crippen LogP contribution in [0.4, 0.5) is 4.39 Å². The van der Waals surface area contributed by atoms with Crippen molar-refractivity contribution in [3.8, 4) is 5.75 Å². The minimum Gasteiger partial charge on any atom is -0.490 e. The molecule has 0 saturated carbocycles. The maximum absolute atomic E-state index is 13.3. The predicted octanol–water partition coefficient (Wildman–Crippen LogP) is 4.48. The fourth-order valence-electron chi connectivity index (χ4n) is 4.49. The van der Waals surface area contributed by atoms with E-state index in [4.69, 9.17) is 21.1 Å². The topological polar surface area (TPSA) is 59.1 Å². The summed E-state index contributed by atoms with van der Waals surface area (Å²) in [5, 5.41) is 0.646. The van der Waals surface area contributed by atoms with E-state index in [2.05, 4.69) is 0 Å². The second-order valence-electron chi connectivity index (χ2n) is 9.08. The Morgan fingerprint density at radius 1 is 1.06 bits per heavy atom. The molecule has 0 unspecified atom stereocenters. The van der Waals surface area contributed by atoms with E-state index in [1.165, 1.54) is 24.3 Å². The number of likely N-dealkylation sites (tertiary alicyclic amines) is 1. The van der Waals surface area contributed by atoms with Gasteiger partial charge in [0.2, 0.25) is 5.91 Å². The van der Waals surface area contributed by atoms with Gasteiger partial charge in [0.15, 0.2) is 0 Å². The van der Waals surface area contributed by atoms with Gasteiger partial charge in [-0.2, -0.15) is 0 Å². The third-order valence-electron chi connectivity index (χ3n) is 6.44. The first kappa shape index (κ1) is 24.5. The van der Waals surface area contributed by atoms with E-state index in [1.807, 2.05) is 17.9 Å². The molecule has 0 bridgehead atoms. The molecule has 0 aromatic heterocycles. The summed E-state index contributed by atoms with van der Waals surface area (Å²) >= 11 is 6.14. The van der Waals surface area contributed by atoms with Crippen LogP contribution in [0.3, 0.4) is 0 Å². The molecule has 34 heavy (non-hydrogen) atoms. The minimum atomic E-state index is -0.990. The summed E-state index contributed by atoms with van der Waals surface area (Å²) in [6, 6.07) is 10.9. The van der Waals surface area contributed by atoms with Crippen LogP contribution in [0.15, 0.2) is 42.5 Å². The number of morpholine rings is 1. The van der Waals surface area contributed by atoms with Gasteiger partial charge in [0.25, 0.3) is 5.91 Å². The van der Waals surface area contributed by atoms with Crippen LogP contribution >= 0.6 is 11.6 Å². The quantitative estimate of drug-likeness (QED) is 0.601. The van der Waals surface area contributed by atoms with Gasteiger partial charge in [-0.3, -0.25) is 9.59 Å². The largest absolute Gasteiger partial charge is 0.490 e. The highest BCUT2D eigenvalue weighted by molar-refractivity contribution is 6.31. The molecule has 2 aliphatic rings. The number of aryl methyl sites for hydroxylation is 1. The number of benzene rings is 2. The highest BCUT2D eigenvalue weighted by atomic mass is 35.5. The molecule has 2 aromatic carbocycles. The normalized spacial score (nSPS) is 20.8. The zero-order valence-electron chi connectivity index (χ0n) is 19.4. The lowest BCUT2D eigenvalue weighted by atomic mass is 9.95. The summed E-state index contributed by atoms with van der Waals surface area (Å²) in [6.07, 6.45) is 3.24. The van der Waals surface area contributed by atoms with Gasteiger partial charge in [-0.1, -0.05) is 11.6 Å². The Kier molecular flexibility index (Phi) is 7.73. The van der Waals surface area contributed by atoms with Crippen LogP contribution in [-0.4, -0.2) is 66.6 Å². The average Bonchev–Trinajstić information content (AvgIpc) is 2.85. The fourth-order valence-corrected chi connectivity index (χ4v) is 4.61. The van der Waals surface area contributed by atoms with Crippen LogP contribution < -0.4 is 4.74 Å². The summed E-state index contributed by atoms with van der Waals surface area (Å²) in [5.74, 6) is 0.0102. The molecule has 2 saturated heterocycles. The van der Waals surface area contributed by atoms with E-state index in [0.29, 0.717) is 22.9 Å². The van der Waals surface area contributed by atoms with Crippen molar-refractivity contribution in [1.29, 1.82) is 0 Å². The zero-order valence-corrected chi connectivity index (χ0v) is 20.2. The van der Waals surface area contributed by atoms with Crippen molar-refractivity contribution in [3.05, 3.63) is 64.4 Å². The highest BCUT2D eigenvalue weighted by Gasteiger charge is 2.42. The van der Waals surface area contributed by atoms with Crippen LogP contribution in [0.5, 0.6) is 5.75 Å². The first-order valence-corrected chi connectivity index (χ1v) is 12.1. The molecular formula is C26H30ClFN2O4. The molecule has 4 rings (SSSR count). The summed E-state index contributed by atoms with van der Waals surface area (Å²) < 4.78 is 25.6. The van der Waals surface area contributed by atoms with Gasteiger partial charge in [-0.25, -0.2) is 4.39 Å². The van der Waals surface area contributed by atoms with Crippen LogP contribution in [0, 0.1) is 12.7 Å². The van der Waals surface area contributed by atoms with Crippen molar-refractivity contribution >= 4 is 23.4 Å². The average molecular weight is 489 g/mol. The van der Waals surface area contributed by atoms with E-state index >= 15 is 0 Å². The van der Waals surface area contributed by atoms with Gasteiger partial charge in [0.1, 0.15) is 23.8 Å². The maximum atomic E-state index is 13.3. The molecule has 1 atom stereocenters. The number of hydrogen-bond acceptors (Lipinski definition) is 4.